The van der Waals surface area contributed by atoms with Gasteiger partial charge in [0, 0.05) is 16.8 Å². The van der Waals surface area contributed by atoms with Crippen LogP contribution in [-0.4, -0.2) is 9.94 Å². The second-order valence-electron chi connectivity index (χ2n) is 3.71. The van der Waals surface area contributed by atoms with Gasteiger partial charge in [-0.05, 0) is 11.5 Å². The number of hydrogen-bond acceptors (Lipinski definition) is 2. The molecule has 0 saturated carbocycles. The summed E-state index contributed by atoms with van der Waals surface area (Å²) in [5, 5.41) is 12.5. The zero-order chi connectivity index (χ0) is 11.1. The van der Waals surface area contributed by atoms with Crippen molar-refractivity contribution in [1.29, 1.82) is 0 Å². The SMILES string of the molecule is O=c1ccc2ccc3ccccc3c2n1O. The Hall–Kier alpha value is -2.29. The molecule has 16 heavy (non-hydrogen) atoms. The molecule has 2 aromatic carbocycles. The molecular weight excluding hydrogens is 202 g/mol. The molecule has 0 unspecified atom stereocenters. The average molecular weight is 211 g/mol. The smallest absolute Gasteiger partial charge is 0.283 e. The molecule has 0 saturated heterocycles. The molecule has 0 fully saturated rings. The molecule has 0 radical (unpaired) electrons. The molecule has 0 spiro atoms. The van der Waals surface area contributed by atoms with E-state index >= 15 is 0 Å². The van der Waals surface area contributed by atoms with Crippen molar-refractivity contribution in [2.24, 2.45) is 0 Å². The monoisotopic (exact) mass is 211 g/mol. The minimum Gasteiger partial charge on any atom is -0.425 e. The van der Waals surface area contributed by atoms with E-state index in [9.17, 15) is 10.0 Å². The van der Waals surface area contributed by atoms with Crippen LogP contribution < -0.4 is 5.56 Å². The first-order valence-electron chi connectivity index (χ1n) is 5.00. The number of hydrogen-bond donors (Lipinski definition) is 1. The lowest BCUT2D eigenvalue weighted by Crippen LogP contribution is -2.16. The quantitative estimate of drug-likeness (QED) is 0.458. The first-order valence-corrected chi connectivity index (χ1v) is 5.00. The average Bonchev–Trinajstić information content (AvgIpc) is 2.33. The van der Waals surface area contributed by atoms with Gasteiger partial charge in [0.15, 0.2) is 0 Å². The largest absolute Gasteiger partial charge is 0.425 e. The summed E-state index contributed by atoms with van der Waals surface area (Å²) < 4.78 is 0.706. The van der Waals surface area contributed by atoms with Gasteiger partial charge < -0.3 is 5.21 Å². The highest BCUT2D eigenvalue weighted by molar-refractivity contribution is 6.05. The second-order valence-corrected chi connectivity index (χ2v) is 3.71. The van der Waals surface area contributed by atoms with Crippen LogP contribution in [0, 0.1) is 0 Å². The highest BCUT2D eigenvalue weighted by Crippen LogP contribution is 2.23. The molecule has 3 rings (SSSR count). The predicted molar refractivity (Wildman–Crippen MR) is 62.9 cm³/mol. The molecule has 3 aromatic rings. The Kier molecular flexibility index (Phi) is 1.74. The lowest BCUT2D eigenvalue weighted by Gasteiger charge is -2.06. The standard InChI is InChI=1S/C13H9NO2/c15-12-8-7-10-6-5-9-3-1-2-4-11(9)13(10)14(12)16/h1-8,16H. The van der Waals surface area contributed by atoms with Gasteiger partial charge in [-0.25, -0.2) is 0 Å². The van der Waals surface area contributed by atoms with Crippen molar-refractivity contribution in [3.05, 3.63) is 58.9 Å². The van der Waals surface area contributed by atoms with Crippen LogP contribution in [0.5, 0.6) is 0 Å². The molecule has 1 aromatic heterocycles. The molecule has 1 heterocycles. The van der Waals surface area contributed by atoms with Gasteiger partial charge in [-0.1, -0.05) is 36.4 Å². The molecule has 3 heteroatoms. The number of benzene rings is 2. The molecular formula is C13H9NO2. The molecule has 0 atom stereocenters. The van der Waals surface area contributed by atoms with Gasteiger partial charge in [0.05, 0.1) is 5.52 Å². The van der Waals surface area contributed by atoms with Gasteiger partial charge in [-0.15, -0.1) is 4.73 Å². The summed E-state index contributed by atoms with van der Waals surface area (Å²) in [7, 11) is 0. The Balaban J connectivity index is 2.68. The number of nitrogens with zero attached hydrogens (tertiary/aromatic N) is 1. The van der Waals surface area contributed by atoms with Gasteiger partial charge in [0.1, 0.15) is 0 Å². The van der Waals surface area contributed by atoms with Crippen molar-refractivity contribution in [3.63, 3.8) is 0 Å². The summed E-state index contributed by atoms with van der Waals surface area (Å²) >= 11 is 0. The Labute approximate surface area is 91.1 Å². The third-order valence-corrected chi connectivity index (χ3v) is 2.76. The minimum absolute atomic E-state index is 0.413. The van der Waals surface area contributed by atoms with Gasteiger partial charge in [-0.2, -0.15) is 0 Å². The van der Waals surface area contributed by atoms with Crippen LogP contribution in [-0.2, 0) is 0 Å². The predicted octanol–water partition coefficient (Wildman–Crippen LogP) is 2.39. The van der Waals surface area contributed by atoms with E-state index in [1.54, 1.807) is 6.07 Å². The van der Waals surface area contributed by atoms with E-state index in [1.807, 2.05) is 36.4 Å². The van der Waals surface area contributed by atoms with Crippen molar-refractivity contribution in [3.8, 4) is 0 Å². The maximum atomic E-state index is 11.4. The third kappa shape index (κ3) is 1.11. The minimum atomic E-state index is -0.413. The van der Waals surface area contributed by atoms with Crippen molar-refractivity contribution in [1.82, 2.24) is 4.73 Å². The molecule has 3 nitrogen and oxygen atoms in total. The van der Waals surface area contributed by atoms with Gasteiger partial charge in [-0.3, -0.25) is 4.79 Å². The summed E-state index contributed by atoms with van der Waals surface area (Å²) in [6.45, 7) is 0. The molecule has 0 amide bonds. The molecule has 0 bridgehead atoms. The molecule has 1 N–H and O–H groups in total. The fourth-order valence-corrected chi connectivity index (χ4v) is 1.98. The summed E-state index contributed by atoms with van der Waals surface area (Å²) in [5.41, 5.74) is 0.148. The fourth-order valence-electron chi connectivity index (χ4n) is 1.98. The van der Waals surface area contributed by atoms with Crippen molar-refractivity contribution in [2.45, 2.75) is 0 Å². The highest BCUT2D eigenvalue weighted by atomic mass is 16.5. The topological polar surface area (TPSA) is 42.2 Å². The first kappa shape index (κ1) is 8.97. The molecule has 0 aliphatic rings. The lowest BCUT2D eigenvalue weighted by molar-refractivity contribution is 0.189. The fraction of sp³-hybridized carbons (Fsp3) is 0. The van der Waals surface area contributed by atoms with E-state index in [0.29, 0.717) is 10.2 Å². The molecule has 0 aliphatic carbocycles. The van der Waals surface area contributed by atoms with E-state index < -0.39 is 5.56 Å². The maximum Gasteiger partial charge on any atom is 0.283 e. The number of rotatable bonds is 0. The van der Waals surface area contributed by atoms with Crippen LogP contribution in [0.15, 0.2) is 53.3 Å². The second kappa shape index (κ2) is 3.10. The van der Waals surface area contributed by atoms with Crippen LogP contribution in [0.2, 0.25) is 0 Å². The van der Waals surface area contributed by atoms with Crippen LogP contribution in [0.4, 0.5) is 0 Å². The van der Waals surface area contributed by atoms with Crippen LogP contribution in [0.3, 0.4) is 0 Å². The number of pyridine rings is 1. The van der Waals surface area contributed by atoms with E-state index in [0.717, 1.165) is 16.2 Å². The van der Waals surface area contributed by atoms with Crippen LogP contribution >= 0.6 is 0 Å². The van der Waals surface area contributed by atoms with E-state index in [-0.39, 0.29) is 0 Å². The Morgan fingerprint density at radius 3 is 2.44 bits per heavy atom. The first-order chi connectivity index (χ1) is 7.77. The highest BCUT2D eigenvalue weighted by Gasteiger charge is 2.05. The Morgan fingerprint density at radius 1 is 0.875 bits per heavy atom. The molecule has 78 valence electrons. The van der Waals surface area contributed by atoms with E-state index in [1.165, 1.54) is 6.07 Å². The third-order valence-electron chi connectivity index (χ3n) is 2.76. The van der Waals surface area contributed by atoms with Crippen LogP contribution in [0.25, 0.3) is 21.7 Å². The van der Waals surface area contributed by atoms with Gasteiger partial charge in [0.2, 0.25) is 0 Å². The van der Waals surface area contributed by atoms with Gasteiger partial charge >= 0.3 is 0 Å². The molecule has 0 aliphatic heterocycles. The zero-order valence-electron chi connectivity index (χ0n) is 8.42. The summed E-state index contributed by atoms with van der Waals surface area (Å²) in [6, 6.07) is 14.6. The Bertz CT molecular complexity index is 744. The van der Waals surface area contributed by atoms with Crippen LogP contribution in [0.1, 0.15) is 0 Å². The Morgan fingerprint density at radius 2 is 1.56 bits per heavy atom. The lowest BCUT2D eigenvalue weighted by atomic mass is 10.1. The normalized spacial score (nSPS) is 11.0. The van der Waals surface area contributed by atoms with E-state index in [4.69, 9.17) is 0 Å². The van der Waals surface area contributed by atoms with Crippen molar-refractivity contribution < 1.29 is 5.21 Å². The van der Waals surface area contributed by atoms with Crippen molar-refractivity contribution in [2.75, 3.05) is 0 Å². The maximum absolute atomic E-state index is 11.4. The number of aromatic nitrogens is 1. The number of fused-ring (bicyclic) bond motifs is 3. The van der Waals surface area contributed by atoms with Gasteiger partial charge in [0.25, 0.3) is 5.56 Å². The zero-order valence-corrected chi connectivity index (χ0v) is 8.42. The van der Waals surface area contributed by atoms with Crippen molar-refractivity contribution >= 4 is 21.7 Å². The van der Waals surface area contributed by atoms with E-state index in [2.05, 4.69) is 0 Å². The summed E-state index contributed by atoms with van der Waals surface area (Å²) in [5.74, 6) is 0. The summed E-state index contributed by atoms with van der Waals surface area (Å²) in [6.07, 6.45) is 0. The summed E-state index contributed by atoms with van der Waals surface area (Å²) in [4.78, 5) is 11.4.